The van der Waals surface area contributed by atoms with Crippen LogP contribution in [0.1, 0.15) is 45.8 Å². The Balaban J connectivity index is 2.06. The molecule has 1 aromatic heterocycles. The predicted molar refractivity (Wildman–Crippen MR) is 106 cm³/mol. The standard InChI is InChI=1S/C19H21N3O6S/c1-3-28-17-15(27-2)8-7-13(21-17)14(9-10-29(25)26)22-18(23)11-5-4-6-12(20)16(11)19(22)24/h4-8,14H,3,9-10,20H2,1-2H3,(H,25,26)/t14-/m0/s1. The van der Waals surface area contributed by atoms with E-state index in [1.807, 2.05) is 0 Å². The molecular weight excluding hydrogens is 398 g/mol. The number of methoxy groups -OCH3 is 1. The number of anilines is 1. The third-order valence-corrected chi connectivity index (χ3v) is 5.13. The molecule has 10 heteroatoms. The number of imide groups is 1. The van der Waals surface area contributed by atoms with Crippen molar-refractivity contribution < 1.29 is 27.8 Å². The van der Waals surface area contributed by atoms with Gasteiger partial charge in [0.1, 0.15) is 0 Å². The number of hydrogen-bond donors (Lipinski definition) is 2. The van der Waals surface area contributed by atoms with Crippen LogP contribution in [0.25, 0.3) is 0 Å². The van der Waals surface area contributed by atoms with Gasteiger partial charge in [-0.25, -0.2) is 9.19 Å². The highest BCUT2D eigenvalue weighted by Crippen LogP contribution is 2.37. The summed E-state index contributed by atoms with van der Waals surface area (Å²) < 4.78 is 31.3. The van der Waals surface area contributed by atoms with Crippen LogP contribution in [0.2, 0.25) is 0 Å². The van der Waals surface area contributed by atoms with Crippen molar-refractivity contribution in [2.45, 2.75) is 19.4 Å². The molecule has 0 bridgehead atoms. The molecule has 9 nitrogen and oxygen atoms in total. The number of ether oxygens (including phenoxy) is 2. The normalized spacial score (nSPS) is 15.2. The number of pyridine rings is 1. The topological polar surface area (TPSA) is 132 Å². The second-order valence-corrected chi connectivity index (χ2v) is 7.31. The van der Waals surface area contributed by atoms with Gasteiger partial charge in [0.2, 0.25) is 0 Å². The molecule has 2 aromatic rings. The first kappa shape index (κ1) is 20.7. The van der Waals surface area contributed by atoms with Crippen molar-refractivity contribution in [2.24, 2.45) is 0 Å². The average Bonchev–Trinajstić information content (AvgIpc) is 2.94. The summed E-state index contributed by atoms with van der Waals surface area (Å²) in [7, 11) is 1.47. The molecular formula is C19H21N3O6S. The van der Waals surface area contributed by atoms with E-state index < -0.39 is 28.9 Å². The maximum absolute atomic E-state index is 13.0. The average molecular weight is 419 g/mol. The van der Waals surface area contributed by atoms with Crippen molar-refractivity contribution in [1.82, 2.24) is 9.88 Å². The Labute approximate surface area is 170 Å². The first-order valence-corrected chi connectivity index (χ1v) is 10.2. The number of carbonyl (C=O) groups excluding carboxylic acids is 2. The number of nitrogen functional groups attached to an aromatic ring is 1. The van der Waals surface area contributed by atoms with E-state index in [1.54, 1.807) is 31.2 Å². The smallest absolute Gasteiger partial charge is 0.264 e. The van der Waals surface area contributed by atoms with Crippen molar-refractivity contribution in [3.8, 4) is 11.6 Å². The molecule has 0 fully saturated rings. The molecule has 0 saturated heterocycles. The molecule has 3 N–H and O–H groups in total. The number of benzene rings is 1. The van der Waals surface area contributed by atoms with Crippen LogP contribution < -0.4 is 15.2 Å². The Bertz CT molecular complexity index is 980. The first-order chi connectivity index (χ1) is 13.9. The summed E-state index contributed by atoms with van der Waals surface area (Å²) in [5.41, 5.74) is 6.78. The summed E-state index contributed by atoms with van der Waals surface area (Å²) >= 11 is -2.11. The number of nitrogens with two attached hydrogens (primary N) is 1. The van der Waals surface area contributed by atoms with Crippen molar-refractivity contribution in [1.29, 1.82) is 0 Å². The lowest BCUT2D eigenvalue weighted by molar-refractivity contribution is 0.0574. The molecule has 154 valence electrons. The Morgan fingerprint density at radius 3 is 2.62 bits per heavy atom. The molecule has 3 rings (SSSR count). The summed E-state index contributed by atoms with van der Waals surface area (Å²) in [5.74, 6) is -0.634. The van der Waals surface area contributed by atoms with Gasteiger partial charge in [0, 0.05) is 5.69 Å². The fourth-order valence-corrected chi connectivity index (χ4v) is 3.68. The molecule has 2 heterocycles. The lowest BCUT2D eigenvalue weighted by Crippen LogP contribution is -2.35. The number of fused-ring (bicyclic) bond motifs is 1. The molecule has 0 saturated carbocycles. The SMILES string of the molecule is CCOc1nc([C@H](CCS(=O)O)N2C(=O)c3cccc(N)c3C2=O)ccc1OC. The fourth-order valence-electron chi connectivity index (χ4n) is 3.26. The highest BCUT2D eigenvalue weighted by atomic mass is 32.2. The van der Waals surface area contributed by atoms with Crippen molar-refractivity contribution in [3.63, 3.8) is 0 Å². The van der Waals surface area contributed by atoms with E-state index in [0.717, 1.165) is 4.90 Å². The van der Waals surface area contributed by atoms with Gasteiger partial charge in [0.05, 0.1) is 42.3 Å². The number of carbonyl (C=O) groups is 2. The van der Waals surface area contributed by atoms with Gasteiger partial charge < -0.3 is 19.8 Å². The monoisotopic (exact) mass is 419 g/mol. The van der Waals surface area contributed by atoms with Gasteiger partial charge in [-0.2, -0.15) is 0 Å². The van der Waals surface area contributed by atoms with Gasteiger partial charge in [0.15, 0.2) is 16.8 Å². The molecule has 1 aromatic carbocycles. The van der Waals surface area contributed by atoms with Crippen LogP contribution in [-0.2, 0) is 11.1 Å². The maximum Gasteiger partial charge on any atom is 0.264 e. The van der Waals surface area contributed by atoms with Crippen LogP contribution in [0.4, 0.5) is 5.69 Å². The zero-order valence-corrected chi connectivity index (χ0v) is 16.8. The molecule has 2 atom stereocenters. The molecule has 1 aliphatic heterocycles. The van der Waals surface area contributed by atoms with Gasteiger partial charge >= 0.3 is 0 Å². The van der Waals surface area contributed by atoms with Crippen LogP contribution in [0.3, 0.4) is 0 Å². The van der Waals surface area contributed by atoms with E-state index >= 15 is 0 Å². The fraction of sp³-hybridized carbons (Fsp3) is 0.316. The van der Waals surface area contributed by atoms with Crippen LogP contribution in [0.5, 0.6) is 11.6 Å². The van der Waals surface area contributed by atoms with Crippen LogP contribution >= 0.6 is 0 Å². The minimum absolute atomic E-state index is 0.0410. The number of rotatable bonds is 8. The van der Waals surface area contributed by atoms with Crippen LogP contribution in [-0.4, -0.2) is 49.9 Å². The van der Waals surface area contributed by atoms with Crippen molar-refractivity contribution in [3.05, 3.63) is 47.2 Å². The van der Waals surface area contributed by atoms with Crippen molar-refractivity contribution >= 4 is 28.6 Å². The molecule has 1 aliphatic rings. The first-order valence-electron chi connectivity index (χ1n) is 8.90. The van der Waals surface area contributed by atoms with E-state index in [0.29, 0.717) is 18.1 Å². The van der Waals surface area contributed by atoms with Crippen LogP contribution in [0.15, 0.2) is 30.3 Å². The maximum atomic E-state index is 13.0. The second kappa shape index (κ2) is 8.58. The van der Waals surface area contributed by atoms with Gasteiger partial charge in [0.25, 0.3) is 17.7 Å². The summed E-state index contributed by atoms with van der Waals surface area (Å²) in [4.78, 5) is 31.4. The Morgan fingerprint density at radius 2 is 2.00 bits per heavy atom. The van der Waals surface area contributed by atoms with E-state index in [2.05, 4.69) is 4.98 Å². The van der Waals surface area contributed by atoms with E-state index in [-0.39, 0.29) is 34.9 Å². The highest BCUT2D eigenvalue weighted by molar-refractivity contribution is 7.79. The molecule has 0 aliphatic carbocycles. The van der Waals surface area contributed by atoms with E-state index in [9.17, 15) is 18.4 Å². The van der Waals surface area contributed by atoms with Gasteiger partial charge in [-0.15, -0.1) is 0 Å². The molecule has 29 heavy (non-hydrogen) atoms. The Kier molecular flexibility index (Phi) is 6.14. The van der Waals surface area contributed by atoms with Gasteiger partial charge in [-0.3, -0.25) is 14.5 Å². The molecule has 2 amide bonds. The minimum atomic E-state index is -2.11. The van der Waals surface area contributed by atoms with E-state index in [4.69, 9.17) is 15.2 Å². The van der Waals surface area contributed by atoms with Gasteiger partial charge in [-0.1, -0.05) is 6.07 Å². The number of amides is 2. The number of nitrogens with zero attached hydrogens (tertiary/aromatic N) is 2. The van der Waals surface area contributed by atoms with E-state index in [1.165, 1.54) is 13.2 Å². The predicted octanol–water partition coefficient (Wildman–Crippen LogP) is 2.02. The number of aromatic nitrogens is 1. The summed E-state index contributed by atoms with van der Waals surface area (Å²) in [6.07, 6.45) is 0.0410. The zero-order chi connectivity index (χ0) is 21.1. The Morgan fingerprint density at radius 1 is 1.24 bits per heavy atom. The number of hydrogen-bond acceptors (Lipinski definition) is 7. The van der Waals surface area contributed by atoms with Crippen LogP contribution in [0, 0.1) is 0 Å². The molecule has 0 radical (unpaired) electrons. The minimum Gasteiger partial charge on any atom is -0.491 e. The summed E-state index contributed by atoms with van der Waals surface area (Å²) in [6, 6.07) is 7.01. The lowest BCUT2D eigenvalue weighted by atomic mass is 10.1. The second-order valence-electron chi connectivity index (χ2n) is 6.26. The van der Waals surface area contributed by atoms with Crippen molar-refractivity contribution in [2.75, 3.05) is 25.2 Å². The van der Waals surface area contributed by atoms with Gasteiger partial charge in [-0.05, 0) is 37.6 Å². The lowest BCUT2D eigenvalue weighted by Gasteiger charge is -2.26. The summed E-state index contributed by atoms with van der Waals surface area (Å²) in [5, 5.41) is 0. The molecule has 0 spiro atoms. The third kappa shape index (κ3) is 3.94. The molecule has 1 unspecified atom stereocenters. The largest absolute Gasteiger partial charge is 0.491 e. The Hall–Kier alpha value is -2.98. The highest BCUT2D eigenvalue weighted by Gasteiger charge is 2.42. The third-order valence-electron chi connectivity index (χ3n) is 4.55. The zero-order valence-electron chi connectivity index (χ0n) is 16.0. The quantitative estimate of drug-likeness (QED) is 0.377. The summed E-state index contributed by atoms with van der Waals surface area (Å²) in [6.45, 7) is 2.12.